The van der Waals surface area contributed by atoms with E-state index in [1.165, 1.54) is 75.4 Å². The molecule has 0 spiro atoms. The summed E-state index contributed by atoms with van der Waals surface area (Å²) < 4.78 is 105. The van der Waals surface area contributed by atoms with Crippen molar-refractivity contribution in [1.82, 2.24) is 20.3 Å². The normalized spacial score (nSPS) is 12.0. The molecule has 12 aromatic rings. The van der Waals surface area contributed by atoms with Crippen molar-refractivity contribution in [2.45, 2.75) is 142 Å². The zero-order valence-corrected chi connectivity index (χ0v) is 85.8. The van der Waals surface area contributed by atoms with Gasteiger partial charge in [-0.15, -0.1) is 47.0 Å². The first-order valence-corrected chi connectivity index (χ1v) is 52.1. The highest BCUT2D eigenvalue weighted by atomic mass is 32.2. The van der Waals surface area contributed by atoms with Crippen molar-refractivity contribution in [2.75, 3.05) is 143 Å². The second-order valence-corrected chi connectivity index (χ2v) is 39.0. The quantitative estimate of drug-likeness (QED) is 0.0196. The summed E-state index contributed by atoms with van der Waals surface area (Å²) in [4.78, 5) is 108. The number of benzene rings is 10. The van der Waals surface area contributed by atoms with Crippen LogP contribution in [-0.4, -0.2) is 189 Å². The molecular weight excluding hydrogens is 1910 g/mol. The molecule has 3 aliphatic rings. The minimum atomic E-state index is -3.64. The molecule has 0 saturated carbocycles. The topological polar surface area (TPSA) is 322 Å². The van der Waals surface area contributed by atoms with Crippen molar-refractivity contribution in [3.8, 4) is 51.7 Å². The Morgan fingerprint density at radius 2 is 0.824 bits per heavy atom. The second kappa shape index (κ2) is 55.4. The second-order valence-electron chi connectivity index (χ2n) is 32.4. The van der Waals surface area contributed by atoms with Gasteiger partial charge in [0.05, 0.1) is 111 Å². The maximum absolute atomic E-state index is 13.5. The Hall–Kier alpha value is -13.1. The number of rotatable bonds is 40. The monoisotopic (exact) mass is 2030 g/mol. The van der Waals surface area contributed by atoms with Gasteiger partial charge in [0.25, 0.3) is 11.8 Å². The summed E-state index contributed by atoms with van der Waals surface area (Å²) in [6.07, 6.45) is 7.65. The van der Waals surface area contributed by atoms with Gasteiger partial charge >= 0.3 is 11.9 Å². The van der Waals surface area contributed by atoms with Crippen LogP contribution in [-0.2, 0) is 73.9 Å². The molecule has 2 aromatic heterocycles. The third kappa shape index (κ3) is 31.0. The minimum Gasteiger partial charge on any atom is -0.497 e. The van der Waals surface area contributed by atoms with Crippen molar-refractivity contribution in [1.29, 1.82) is 0 Å². The number of sulfone groups is 1. The molecule has 750 valence electrons. The van der Waals surface area contributed by atoms with Gasteiger partial charge in [-0.05, 0) is 246 Å². The molecule has 3 aliphatic heterocycles. The van der Waals surface area contributed by atoms with Crippen molar-refractivity contribution in [3.05, 3.63) is 269 Å². The maximum atomic E-state index is 13.5. The highest BCUT2D eigenvalue weighted by Gasteiger charge is 2.31. The van der Waals surface area contributed by atoms with Crippen LogP contribution in [0.4, 0.5) is 37.2 Å². The van der Waals surface area contributed by atoms with Crippen LogP contribution in [0, 0.1) is 25.5 Å². The number of aromatic nitrogens is 4. The van der Waals surface area contributed by atoms with Crippen molar-refractivity contribution < 1.29 is 97.7 Å². The molecule has 35 heteroatoms. The van der Waals surface area contributed by atoms with Crippen LogP contribution in [0.1, 0.15) is 133 Å². The van der Waals surface area contributed by atoms with Gasteiger partial charge in [-0.1, -0.05) is 83.1 Å². The van der Waals surface area contributed by atoms with E-state index in [1.807, 2.05) is 125 Å². The number of carbonyl (C=O) groups is 7. The Labute approximate surface area is 844 Å². The zero-order valence-electron chi connectivity index (χ0n) is 81.8. The summed E-state index contributed by atoms with van der Waals surface area (Å²) in [6, 6.07) is 63.1. The first-order chi connectivity index (χ1) is 68.7. The molecule has 5 heterocycles. The standard InChI is InChI=1S/C22H23N3O5S.C22H23N3O3S.2C21H24FNO4S.C21H25NO3S/c1-15-23-22(30-24-15)18-6-3-4-7-20(18)31(27,28)13-5-8-21(26)25-12-11-16-9-10-17(29-2)14-19(16)25;1-15-23-22(28-24-15)18-6-3-4-7-20(18)29-13-5-8-21(26)25-12-11-16-9-10-17(27-2)14-19(16)25;1-4-27-21(25)18-14-15(22)7-12-19(18)28-13-5-6-20(24)23(2)16-8-10-17(26-3)11-9-16;1-4-27-21(25)16-14-15(22)11-12-19(16)28-13-7-10-20(24)23(2)17-8-5-6-9-18(17)26-3;1-24-15-17-6-3-4-7-20(17)26-13-5-8-21(23)22-12-11-16-9-10-18(25-2)14-19(16)22/h3-4,6-7,9-10,14H,5,8,11-13H2,1-2H3;3-4,6-7,9-10,14H,5,8,11-13H2,1-2H3;7-12,14H,4-6,13H2,1-3H3;5-6,8-9,11-12,14H,4,7,10,13H2,1-3H3;3-4,6-7,9-10,14H,5,8,11-13,15H2,1-2H3. The fourth-order valence-electron chi connectivity index (χ4n) is 15.5. The number of fused-ring (bicyclic) bond motifs is 3. The van der Waals surface area contributed by atoms with Gasteiger partial charge in [0.1, 0.15) is 40.4 Å². The molecule has 0 unspecified atom stereocenters. The number of thioether (sulfide) groups is 4. The molecule has 0 radical (unpaired) electrons. The summed E-state index contributed by atoms with van der Waals surface area (Å²) in [5.41, 5.74) is 10.8. The number of anilines is 5. The molecule has 0 N–H and O–H groups in total. The molecule has 0 saturated heterocycles. The number of ether oxygens (including phenoxy) is 8. The Bertz CT molecular complexity index is 6390. The lowest BCUT2D eigenvalue weighted by molar-refractivity contribution is -0.119. The van der Waals surface area contributed by atoms with Gasteiger partial charge in [0, 0.05) is 116 Å². The summed E-state index contributed by atoms with van der Waals surface area (Å²) in [5.74, 6) is 6.41. The molecule has 0 bridgehead atoms. The van der Waals surface area contributed by atoms with E-state index in [4.69, 9.17) is 46.9 Å². The maximum Gasteiger partial charge on any atom is 0.339 e. The van der Waals surface area contributed by atoms with E-state index in [1.54, 1.807) is 171 Å². The number of aryl methyl sites for hydroxylation is 2. The number of methoxy groups -OCH3 is 6. The van der Waals surface area contributed by atoms with Crippen molar-refractivity contribution in [2.24, 2.45) is 0 Å². The minimum absolute atomic E-state index is 0.00418. The van der Waals surface area contributed by atoms with Crippen molar-refractivity contribution in [3.63, 3.8) is 0 Å². The Morgan fingerprint density at radius 3 is 1.28 bits per heavy atom. The van der Waals surface area contributed by atoms with Gasteiger partial charge in [-0.25, -0.2) is 26.8 Å². The van der Waals surface area contributed by atoms with Crippen LogP contribution in [0.2, 0.25) is 0 Å². The molecular formula is C107H119F2N9O19S5. The molecule has 0 fully saturated rings. The van der Waals surface area contributed by atoms with E-state index in [0.717, 1.165) is 113 Å². The van der Waals surface area contributed by atoms with Gasteiger partial charge < -0.3 is 71.4 Å². The zero-order chi connectivity index (χ0) is 102. The third-order valence-electron chi connectivity index (χ3n) is 22.9. The Kier molecular flexibility index (Phi) is 42.6. The van der Waals surface area contributed by atoms with Crippen LogP contribution in [0.25, 0.3) is 22.9 Å². The van der Waals surface area contributed by atoms with Crippen LogP contribution < -0.4 is 48.2 Å². The van der Waals surface area contributed by atoms with E-state index in [9.17, 15) is 50.8 Å². The highest BCUT2D eigenvalue weighted by Crippen LogP contribution is 2.40. The van der Waals surface area contributed by atoms with E-state index in [-0.39, 0.29) is 83.3 Å². The summed E-state index contributed by atoms with van der Waals surface area (Å²) >= 11 is 6.32. The predicted molar refractivity (Wildman–Crippen MR) is 552 cm³/mol. The van der Waals surface area contributed by atoms with E-state index in [0.29, 0.717) is 113 Å². The average Bonchev–Trinajstić information content (AvgIpc) is 1.75. The Balaban J connectivity index is 0.000000170. The van der Waals surface area contributed by atoms with Crippen LogP contribution in [0.15, 0.2) is 246 Å². The smallest absolute Gasteiger partial charge is 0.339 e. The summed E-state index contributed by atoms with van der Waals surface area (Å²) in [5, 5.41) is 7.61. The molecule has 15 rings (SSSR count). The van der Waals surface area contributed by atoms with E-state index in [2.05, 4.69) is 38.5 Å². The number of para-hydroxylation sites is 2. The largest absolute Gasteiger partial charge is 0.497 e. The summed E-state index contributed by atoms with van der Waals surface area (Å²) in [7, 11) is 9.56. The fraction of sp³-hybridized carbons (Fsp3) is 0.336. The third-order valence-corrected chi connectivity index (χ3v) is 29.4. The highest BCUT2D eigenvalue weighted by molar-refractivity contribution is 8.00. The van der Waals surface area contributed by atoms with Crippen LogP contribution in [0.3, 0.4) is 0 Å². The van der Waals surface area contributed by atoms with Crippen LogP contribution in [0.5, 0.6) is 28.7 Å². The summed E-state index contributed by atoms with van der Waals surface area (Å²) in [6.45, 7) is 10.1. The first-order valence-electron chi connectivity index (χ1n) is 46.5. The SMILES string of the molecule is CCOC(=O)c1cc(F)ccc1SCCCC(=O)N(C)c1ccc(OC)cc1.CCOC(=O)c1cc(F)ccc1SCCCC(=O)N(C)c1ccccc1OC.COCc1ccccc1SCCCC(=O)N1CCc2ccc(OC)cc21.COc1ccc2c(c1)N(C(=O)CCCS(=O)(=O)c1ccccc1-c1nc(C)no1)CC2.COc1ccc2c(c1)N(C(=O)CCCSc1ccccc1-c1nc(C)no1)CC2. The van der Waals surface area contributed by atoms with Gasteiger partial charge in [0.2, 0.25) is 29.5 Å². The molecule has 0 atom stereocenters. The lowest BCUT2D eigenvalue weighted by Gasteiger charge is -2.19. The number of halogens is 2. The molecule has 10 aromatic carbocycles. The van der Waals surface area contributed by atoms with Crippen molar-refractivity contribution >= 4 is 127 Å². The molecule has 28 nitrogen and oxygen atoms in total. The molecule has 142 heavy (non-hydrogen) atoms. The number of hydrogen-bond donors (Lipinski definition) is 0. The van der Waals surface area contributed by atoms with E-state index < -0.39 is 33.4 Å². The van der Waals surface area contributed by atoms with Gasteiger partial charge in [-0.3, -0.25) is 24.0 Å². The van der Waals surface area contributed by atoms with Gasteiger partial charge in [0.15, 0.2) is 21.5 Å². The first kappa shape index (κ1) is 109. The molecule has 5 amide bonds. The number of amides is 5. The van der Waals surface area contributed by atoms with Gasteiger partial charge in [-0.2, -0.15) is 9.97 Å². The number of hydrogen-bond acceptors (Lipinski definition) is 27. The number of nitrogens with zero attached hydrogens (tertiary/aromatic N) is 9. The predicted octanol–water partition coefficient (Wildman–Crippen LogP) is 21.1. The number of carbonyl (C=O) groups excluding carboxylic acids is 7. The Morgan fingerprint density at radius 1 is 0.423 bits per heavy atom. The molecule has 0 aliphatic carbocycles. The number of esters is 2. The van der Waals surface area contributed by atoms with E-state index >= 15 is 0 Å². The lowest BCUT2D eigenvalue weighted by Crippen LogP contribution is -2.29. The average molecular weight is 2030 g/mol. The van der Waals surface area contributed by atoms with Crippen LogP contribution >= 0.6 is 47.0 Å². The fourth-order valence-corrected chi connectivity index (χ4v) is 21.0. The lowest BCUT2D eigenvalue weighted by atomic mass is 10.1.